The number of nitrogens with two attached hydrogens (primary N) is 1. The summed E-state index contributed by atoms with van der Waals surface area (Å²) in [4.78, 5) is 51.7. The van der Waals surface area contributed by atoms with E-state index in [4.69, 9.17) is 10.5 Å². The molecular weight excluding hydrogens is 453 g/mol. The molecule has 0 aromatic heterocycles. The van der Waals surface area contributed by atoms with Crippen molar-refractivity contribution in [3.63, 3.8) is 0 Å². The Morgan fingerprint density at radius 2 is 1.51 bits per heavy atom. The molecule has 1 unspecified atom stereocenters. The van der Waals surface area contributed by atoms with Crippen molar-refractivity contribution in [2.75, 3.05) is 26.3 Å². The minimum atomic E-state index is -2.68. The second-order valence-corrected chi connectivity index (χ2v) is 8.42. The van der Waals surface area contributed by atoms with Crippen LogP contribution in [0.1, 0.15) is 17.5 Å². The standard InChI is InChI=1S/C26H30FN3O5/c27-22(24(32)26(34)30-13-15-35-16-14-30)23(31)21(12-11-18-7-3-1-4-8-18)29-25(33)20(28)17-19-9-5-2-6-10-19/h1-10,20-22H,11-17,28H2,(H,29,33)/t20-,21-,22?/m0/s1. The molecule has 0 bridgehead atoms. The van der Waals surface area contributed by atoms with E-state index >= 15 is 4.39 Å². The van der Waals surface area contributed by atoms with E-state index < -0.39 is 41.6 Å². The first kappa shape index (κ1) is 26.2. The van der Waals surface area contributed by atoms with Crippen LogP contribution in [0.25, 0.3) is 0 Å². The molecule has 2 aromatic carbocycles. The highest BCUT2D eigenvalue weighted by Crippen LogP contribution is 2.12. The largest absolute Gasteiger partial charge is 0.378 e. The topological polar surface area (TPSA) is 119 Å². The number of benzene rings is 2. The molecule has 1 heterocycles. The Balaban J connectivity index is 1.69. The van der Waals surface area contributed by atoms with Gasteiger partial charge in [0.2, 0.25) is 12.1 Å². The number of ketones is 2. The summed E-state index contributed by atoms with van der Waals surface area (Å²) in [7, 11) is 0. The van der Waals surface area contributed by atoms with Gasteiger partial charge in [0.15, 0.2) is 5.78 Å². The van der Waals surface area contributed by atoms with Crippen LogP contribution in [0.15, 0.2) is 60.7 Å². The van der Waals surface area contributed by atoms with Crippen LogP contribution in [-0.2, 0) is 36.8 Å². The number of ether oxygens (including phenoxy) is 1. The number of hydrogen-bond acceptors (Lipinski definition) is 6. The lowest BCUT2D eigenvalue weighted by molar-refractivity contribution is -0.152. The first-order valence-electron chi connectivity index (χ1n) is 11.6. The molecule has 3 N–H and O–H groups in total. The Labute approximate surface area is 203 Å². The molecule has 0 spiro atoms. The molecule has 3 rings (SSSR count). The fraction of sp³-hybridized carbons (Fsp3) is 0.385. The number of amides is 2. The van der Waals surface area contributed by atoms with Crippen LogP contribution in [0.3, 0.4) is 0 Å². The smallest absolute Gasteiger partial charge is 0.293 e. The number of nitrogens with zero attached hydrogens (tertiary/aromatic N) is 1. The maximum atomic E-state index is 15.0. The first-order chi connectivity index (χ1) is 16.9. The lowest BCUT2D eigenvalue weighted by atomic mass is 9.97. The van der Waals surface area contributed by atoms with Crippen LogP contribution in [0.2, 0.25) is 0 Å². The van der Waals surface area contributed by atoms with Gasteiger partial charge in [0.1, 0.15) is 0 Å². The summed E-state index contributed by atoms with van der Waals surface area (Å²) >= 11 is 0. The molecule has 186 valence electrons. The highest BCUT2D eigenvalue weighted by atomic mass is 19.1. The minimum absolute atomic E-state index is 0.0477. The molecule has 0 aliphatic carbocycles. The molecule has 3 atom stereocenters. The van der Waals surface area contributed by atoms with Crippen LogP contribution >= 0.6 is 0 Å². The number of rotatable bonds is 11. The maximum absolute atomic E-state index is 15.0. The summed E-state index contributed by atoms with van der Waals surface area (Å²) in [6.07, 6.45) is -2.06. The molecule has 0 radical (unpaired) electrons. The van der Waals surface area contributed by atoms with Gasteiger partial charge < -0.3 is 20.7 Å². The van der Waals surface area contributed by atoms with Crippen molar-refractivity contribution < 1.29 is 28.3 Å². The number of halogens is 1. The zero-order valence-corrected chi connectivity index (χ0v) is 19.4. The third kappa shape index (κ3) is 7.53. The van der Waals surface area contributed by atoms with E-state index in [9.17, 15) is 19.2 Å². The predicted molar refractivity (Wildman–Crippen MR) is 127 cm³/mol. The first-order valence-corrected chi connectivity index (χ1v) is 11.6. The summed E-state index contributed by atoms with van der Waals surface area (Å²) < 4.78 is 20.1. The minimum Gasteiger partial charge on any atom is -0.378 e. The highest BCUT2D eigenvalue weighted by Gasteiger charge is 2.39. The van der Waals surface area contributed by atoms with E-state index in [1.807, 2.05) is 60.7 Å². The number of carbonyl (C=O) groups is 4. The number of nitrogens with one attached hydrogen (secondary N) is 1. The fourth-order valence-corrected chi connectivity index (χ4v) is 3.82. The summed E-state index contributed by atoms with van der Waals surface area (Å²) in [5.74, 6) is -4.31. The quantitative estimate of drug-likeness (QED) is 0.364. The SMILES string of the molecule is N[C@@H](Cc1ccccc1)C(=O)N[C@@H](CCc1ccccc1)C(=O)C(F)C(=O)C(=O)N1CCOCC1. The second-order valence-electron chi connectivity index (χ2n) is 8.42. The van der Waals surface area contributed by atoms with Crippen molar-refractivity contribution in [3.05, 3.63) is 71.8 Å². The van der Waals surface area contributed by atoms with Gasteiger partial charge in [-0.2, -0.15) is 0 Å². The van der Waals surface area contributed by atoms with Gasteiger partial charge in [-0.15, -0.1) is 0 Å². The summed E-state index contributed by atoms with van der Waals surface area (Å²) in [5, 5.41) is 2.51. The van der Waals surface area contributed by atoms with Crippen molar-refractivity contribution in [2.24, 2.45) is 5.73 Å². The van der Waals surface area contributed by atoms with E-state index in [-0.39, 0.29) is 39.1 Å². The fourth-order valence-electron chi connectivity index (χ4n) is 3.82. The van der Waals surface area contributed by atoms with Crippen LogP contribution in [0, 0.1) is 0 Å². The van der Waals surface area contributed by atoms with E-state index in [0.29, 0.717) is 6.42 Å². The number of alkyl halides is 1. The third-order valence-corrected chi connectivity index (χ3v) is 5.85. The molecule has 1 fully saturated rings. The summed E-state index contributed by atoms with van der Waals surface area (Å²) in [5.41, 5.74) is 7.73. The Morgan fingerprint density at radius 3 is 2.11 bits per heavy atom. The van der Waals surface area contributed by atoms with Crippen molar-refractivity contribution in [1.29, 1.82) is 0 Å². The van der Waals surface area contributed by atoms with Crippen LogP contribution in [0.5, 0.6) is 0 Å². The molecule has 2 aromatic rings. The normalized spacial score (nSPS) is 16.1. The monoisotopic (exact) mass is 483 g/mol. The van der Waals surface area contributed by atoms with Gasteiger partial charge in [0.25, 0.3) is 11.7 Å². The predicted octanol–water partition coefficient (Wildman–Crippen LogP) is 1.01. The van der Waals surface area contributed by atoms with E-state index in [2.05, 4.69) is 5.32 Å². The van der Waals surface area contributed by atoms with Gasteiger partial charge in [-0.1, -0.05) is 60.7 Å². The zero-order chi connectivity index (χ0) is 25.2. The number of aryl methyl sites for hydroxylation is 1. The van der Waals surface area contributed by atoms with Gasteiger partial charge in [-0.05, 0) is 30.4 Å². The Morgan fingerprint density at radius 1 is 0.943 bits per heavy atom. The zero-order valence-electron chi connectivity index (χ0n) is 19.4. The van der Waals surface area contributed by atoms with Gasteiger partial charge >= 0.3 is 0 Å². The summed E-state index contributed by atoms with van der Waals surface area (Å²) in [6.45, 7) is 0.764. The van der Waals surface area contributed by atoms with Crippen molar-refractivity contribution in [3.8, 4) is 0 Å². The second kappa shape index (κ2) is 12.9. The lowest BCUT2D eigenvalue weighted by Crippen LogP contribution is -2.54. The molecule has 2 amide bonds. The van der Waals surface area contributed by atoms with E-state index in [1.54, 1.807) is 0 Å². The molecule has 1 aliphatic rings. The van der Waals surface area contributed by atoms with Crippen LogP contribution in [-0.4, -0.2) is 72.8 Å². The van der Waals surface area contributed by atoms with Gasteiger partial charge in [0, 0.05) is 13.1 Å². The van der Waals surface area contributed by atoms with Crippen LogP contribution in [0.4, 0.5) is 4.39 Å². The molecule has 0 saturated carbocycles. The molecule has 9 heteroatoms. The molecular formula is C26H30FN3O5. The third-order valence-electron chi connectivity index (χ3n) is 5.85. The Kier molecular flexibility index (Phi) is 9.63. The average molecular weight is 484 g/mol. The summed E-state index contributed by atoms with van der Waals surface area (Å²) in [6, 6.07) is 16.0. The van der Waals surface area contributed by atoms with Crippen LogP contribution < -0.4 is 11.1 Å². The van der Waals surface area contributed by atoms with Gasteiger partial charge in [-0.25, -0.2) is 4.39 Å². The number of Topliss-reactive ketones (excluding diaryl/α,β-unsaturated/α-hetero) is 2. The van der Waals surface area contributed by atoms with Crippen molar-refractivity contribution in [2.45, 2.75) is 37.5 Å². The van der Waals surface area contributed by atoms with Gasteiger partial charge in [-0.3, -0.25) is 19.2 Å². The highest BCUT2D eigenvalue weighted by molar-refractivity contribution is 6.42. The Bertz CT molecular complexity index is 1010. The molecule has 35 heavy (non-hydrogen) atoms. The molecule has 8 nitrogen and oxygen atoms in total. The number of carbonyl (C=O) groups excluding carboxylic acids is 4. The van der Waals surface area contributed by atoms with E-state index in [0.717, 1.165) is 11.1 Å². The number of hydrogen-bond donors (Lipinski definition) is 2. The lowest BCUT2D eigenvalue weighted by Gasteiger charge is -2.27. The Hall–Kier alpha value is -3.43. The molecule has 1 saturated heterocycles. The van der Waals surface area contributed by atoms with Crippen molar-refractivity contribution in [1.82, 2.24) is 10.2 Å². The average Bonchev–Trinajstić information content (AvgIpc) is 2.90. The van der Waals surface area contributed by atoms with Gasteiger partial charge in [0.05, 0.1) is 25.3 Å². The van der Waals surface area contributed by atoms with Crippen molar-refractivity contribution >= 4 is 23.4 Å². The number of morpholine rings is 1. The molecule has 1 aliphatic heterocycles. The maximum Gasteiger partial charge on any atom is 0.293 e. The van der Waals surface area contributed by atoms with E-state index in [1.165, 1.54) is 4.90 Å².